The Balaban J connectivity index is 1.27. The zero-order valence-corrected chi connectivity index (χ0v) is 20.5. The molecule has 6 nitrogen and oxygen atoms in total. The fraction of sp³-hybridized carbons (Fsp3) is 0.364. The van der Waals surface area contributed by atoms with Crippen molar-refractivity contribution in [3.8, 4) is 0 Å². The molecule has 1 aliphatic rings. The molecule has 4 rings (SSSR count). The van der Waals surface area contributed by atoms with Crippen LogP contribution in [0.4, 0.5) is 5.13 Å². The molecule has 1 aliphatic heterocycles. The van der Waals surface area contributed by atoms with Gasteiger partial charge in [0.05, 0.1) is 4.90 Å². The predicted octanol–water partition coefficient (Wildman–Crippen LogP) is 4.39. The maximum atomic E-state index is 12.5. The Labute approximate surface area is 196 Å². The number of nitrogens with zero attached hydrogens (tertiary/aromatic N) is 3. The Morgan fingerprint density at radius 1 is 1.10 bits per heavy atom. The summed E-state index contributed by atoms with van der Waals surface area (Å²) in [4.78, 5) is 7.28. The maximum absolute atomic E-state index is 12.5. The van der Waals surface area contributed by atoms with Gasteiger partial charge in [-0.25, -0.2) is 18.1 Å². The van der Waals surface area contributed by atoms with Crippen LogP contribution < -0.4 is 9.62 Å². The van der Waals surface area contributed by atoms with Gasteiger partial charge in [-0.2, -0.15) is 4.37 Å². The molecule has 3 aromatic rings. The lowest BCUT2D eigenvalue weighted by Crippen LogP contribution is -2.38. The summed E-state index contributed by atoms with van der Waals surface area (Å²) in [5.74, 6) is 1.18. The summed E-state index contributed by atoms with van der Waals surface area (Å²) in [6.45, 7) is 4.27. The van der Waals surface area contributed by atoms with Gasteiger partial charge >= 0.3 is 0 Å². The summed E-state index contributed by atoms with van der Waals surface area (Å²) in [5.41, 5.74) is 2.46. The van der Waals surface area contributed by atoms with Gasteiger partial charge in [0.25, 0.3) is 0 Å². The number of nitrogens with one attached hydrogen (secondary N) is 1. The van der Waals surface area contributed by atoms with Gasteiger partial charge in [0.15, 0.2) is 0 Å². The zero-order chi connectivity index (χ0) is 21.8. The number of piperidine rings is 1. The van der Waals surface area contributed by atoms with Gasteiger partial charge in [-0.15, -0.1) is 0 Å². The average Bonchev–Trinajstić information content (AvgIpc) is 3.23. The van der Waals surface area contributed by atoms with Crippen LogP contribution in [-0.4, -0.2) is 37.4 Å². The summed E-state index contributed by atoms with van der Waals surface area (Å²) < 4.78 is 33.1. The number of aryl methyl sites for hydroxylation is 1. The number of hydrogen-bond acceptors (Lipinski definition) is 6. The Kier molecular flexibility index (Phi) is 7.05. The van der Waals surface area contributed by atoms with Gasteiger partial charge < -0.3 is 4.90 Å². The number of hydrogen-bond donors (Lipinski definition) is 1. The molecule has 1 fully saturated rings. The lowest BCUT2D eigenvalue weighted by molar-refractivity contribution is 0.401. The van der Waals surface area contributed by atoms with E-state index in [1.165, 1.54) is 22.7 Å². The summed E-state index contributed by atoms with van der Waals surface area (Å²) >= 11 is 4.78. The first-order valence-electron chi connectivity index (χ1n) is 10.3. The van der Waals surface area contributed by atoms with E-state index in [-0.39, 0.29) is 0 Å². The molecular formula is C22H25BrN4O2S2. The van der Waals surface area contributed by atoms with Gasteiger partial charge in [0.1, 0.15) is 5.82 Å². The third-order valence-electron chi connectivity index (χ3n) is 5.51. The third kappa shape index (κ3) is 5.91. The number of sulfonamides is 1. The zero-order valence-electron chi connectivity index (χ0n) is 17.3. The van der Waals surface area contributed by atoms with Crippen LogP contribution in [0.25, 0.3) is 0 Å². The Morgan fingerprint density at radius 2 is 1.77 bits per heavy atom. The Bertz CT molecular complexity index is 1110. The molecule has 0 saturated carbocycles. The van der Waals surface area contributed by atoms with Crippen molar-refractivity contribution >= 4 is 42.6 Å². The van der Waals surface area contributed by atoms with E-state index in [9.17, 15) is 8.42 Å². The fourth-order valence-corrected chi connectivity index (χ4v) is 5.70. The van der Waals surface area contributed by atoms with Crippen LogP contribution in [0.3, 0.4) is 0 Å². The van der Waals surface area contributed by atoms with Crippen molar-refractivity contribution in [2.24, 2.45) is 5.92 Å². The molecule has 0 aliphatic carbocycles. The van der Waals surface area contributed by atoms with E-state index >= 15 is 0 Å². The maximum Gasteiger partial charge on any atom is 0.240 e. The molecule has 2 aromatic carbocycles. The van der Waals surface area contributed by atoms with E-state index in [2.05, 4.69) is 61.1 Å². The van der Waals surface area contributed by atoms with Gasteiger partial charge in [-0.3, -0.25) is 0 Å². The molecule has 0 amide bonds. The van der Waals surface area contributed by atoms with Crippen LogP contribution in [0, 0.1) is 12.8 Å². The molecule has 1 aromatic heterocycles. The van der Waals surface area contributed by atoms with Crippen molar-refractivity contribution in [3.05, 3.63) is 70.0 Å². The number of rotatable bonds is 7. The van der Waals surface area contributed by atoms with Gasteiger partial charge in [-0.1, -0.05) is 45.8 Å². The van der Waals surface area contributed by atoms with E-state index in [4.69, 9.17) is 4.98 Å². The molecule has 1 N–H and O–H groups in total. The van der Waals surface area contributed by atoms with E-state index in [1.54, 1.807) is 24.3 Å². The molecule has 1 saturated heterocycles. The Hall–Kier alpha value is -1.81. The van der Waals surface area contributed by atoms with Crippen LogP contribution in [0.15, 0.2) is 57.9 Å². The Morgan fingerprint density at radius 3 is 2.45 bits per heavy atom. The molecular weight excluding hydrogens is 496 g/mol. The van der Waals surface area contributed by atoms with Crippen LogP contribution in [0.1, 0.15) is 29.8 Å². The number of anilines is 1. The monoisotopic (exact) mass is 520 g/mol. The normalized spacial score (nSPS) is 15.4. The molecule has 0 unspecified atom stereocenters. The molecule has 0 radical (unpaired) electrons. The minimum atomic E-state index is -3.48. The average molecular weight is 522 g/mol. The molecule has 0 atom stereocenters. The molecule has 0 bridgehead atoms. The van der Waals surface area contributed by atoms with E-state index in [0.29, 0.717) is 17.4 Å². The van der Waals surface area contributed by atoms with Crippen molar-refractivity contribution in [2.45, 2.75) is 31.1 Å². The molecule has 0 spiro atoms. The van der Waals surface area contributed by atoms with Crippen molar-refractivity contribution in [1.29, 1.82) is 0 Å². The summed E-state index contributed by atoms with van der Waals surface area (Å²) in [6.07, 6.45) is 2.59. The number of aromatic nitrogens is 2. The topological polar surface area (TPSA) is 75.2 Å². The van der Waals surface area contributed by atoms with E-state index in [1.807, 2.05) is 0 Å². The van der Waals surface area contributed by atoms with Crippen molar-refractivity contribution < 1.29 is 8.42 Å². The molecule has 31 heavy (non-hydrogen) atoms. The first-order chi connectivity index (χ1) is 14.9. The van der Waals surface area contributed by atoms with E-state index in [0.717, 1.165) is 47.8 Å². The van der Waals surface area contributed by atoms with Crippen LogP contribution >= 0.6 is 27.5 Å². The minimum absolute atomic E-state index is 0.295. The van der Waals surface area contributed by atoms with E-state index < -0.39 is 10.0 Å². The lowest BCUT2D eigenvalue weighted by Gasteiger charge is -2.31. The highest BCUT2D eigenvalue weighted by Crippen LogP contribution is 2.25. The number of benzene rings is 2. The molecule has 2 heterocycles. The van der Waals surface area contributed by atoms with Crippen molar-refractivity contribution in [2.75, 3.05) is 24.5 Å². The van der Waals surface area contributed by atoms with Crippen LogP contribution in [0.2, 0.25) is 0 Å². The highest BCUT2D eigenvalue weighted by molar-refractivity contribution is 9.10. The second kappa shape index (κ2) is 9.77. The highest BCUT2D eigenvalue weighted by atomic mass is 79.9. The summed E-state index contributed by atoms with van der Waals surface area (Å²) in [5, 5.41) is 0.955. The highest BCUT2D eigenvalue weighted by Gasteiger charge is 2.24. The minimum Gasteiger partial charge on any atom is -0.347 e. The molecule has 9 heteroatoms. The van der Waals surface area contributed by atoms with Gasteiger partial charge in [-0.05, 0) is 55.5 Å². The van der Waals surface area contributed by atoms with Crippen molar-refractivity contribution in [1.82, 2.24) is 14.1 Å². The summed E-state index contributed by atoms with van der Waals surface area (Å²) in [7, 11) is -3.48. The number of halogens is 1. The van der Waals surface area contributed by atoms with Crippen LogP contribution in [-0.2, 0) is 16.4 Å². The first kappa shape index (κ1) is 22.4. The third-order valence-corrected chi connectivity index (χ3v) is 8.29. The van der Waals surface area contributed by atoms with Gasteiger partial charge in [0, 0.05) is 42.1 Å². The first-order valence-corrected chi connectivity index (χ1v) is 13.3. The van der Waals surface area contributed by atoms with Crippen molar-refractivity contribution in [3.63, 3.8) is 0 Å². The van der Waals surface area contributed by atoms with Gasteiger partial charge in [0.2, 0.25) is 15.2 Å². The largest absolute Gasteiger partial charge is 0.347 e. The predicted molar refractivity (Wildman–Crippen MR) is 128 cm³/mol. The standard InChI is InChI=1S/C22H25BrN4O2S2/c1-16-2-4-17(5-3-16)14-21-25-22(30-26-21)27-12-10-18(11-13-27)15-24-31(28,29)20-8-6-19(23)7-9-20/h2-9,18,24H,10-15H2,1H3. The summed E-state index contributed by atoms with van der Waals surface area (Å²) in [6, 6.07) is 15.2. The fourth-order valence-electron chi connectivity index (χ4n) is 3.59. The smallest absolute Gasteiger partial charge is 0.240 e. The quantitative estimate of drug-likeness (QED) is 0.499. The SMILES string of the molecule is Cc1ccc(Cc2nsc(N3CCC(CNS(=O)(=O)c4ccc(Br)cc4)CC3)n2)cc1. The second-order valence-electron chi connectivity index (χ2n) is 7.89. The second-order valence-corrected chi connectivity index (χ2v) is 11.3. The lowest BCUT2D eigenvalue weighted by atomic mass is 9.97. The van der Waals surface area contributed by atoms with Crippen LogP contribution in [0.5, 0.6) is 0 Å². The molecule has 164 valence electrons.